The molecule has 94 valence electrons. The summed E-state index contributed by atoms with van der Waals surface area (Å²) in [6.45, 7) is 7.96. The van der Waals surface area contributed by atoms with Gasteiger partial charge >= 0.3 is 11.9 Å². The molecule has 2 atom stereocenters. The molecule has 0 rings (SSSR count). The van der Waals surface area contributed by atoms with Gasteiger partial charge in [0, 0.05) is 0 Å². The van der Waals surface area contributed by atoms with Crippen LogP contribution in [0.15, 0.2) is 0 Å². The summed E-state index contributed by atoms with van der Waals surface area (Å²) in [5.41, 5.74) is 0. The second-order valence-electron chi connectivity index (χ2n) is 3.53. The van der Waals surface area contributed by atoms with E-state index in [-0.39, 0.29) is 23.8 Å². The summed E-state index contributed by atoms with van der Waals surface area (Å²) in [5, 5.41) is 0. The quantitative estimate of drug-likeness (QED) is 0.629. The van der Waals surface area contributed by atoms with Crippen LogP contribution in [0.5, 0.6) is 0 Å². The Bertz CT molecular complexity index is 201. The summed E-state index contributed by atoms with van der Waals surface area (Å²) in [4.78, 5) is 23.3. The standard InChI is InChI=1S/C12H22O4/c1-5-9(11(13)15-7-3)10(6-2)12(14)16-8-4/h9-10H,5-8H2,1-4H3/t9-,10-/m0/s1. The molecule has 0 unspecified atom stereocenters. The molecule has 0 aliphatic rings. The van der Waals surface area contributed by atoms with E-state index in [9.17, 15) is 9.59 Å². The van der Waals surface area contributed by atoms with Crippen molar-refractivity contribution < 1.29 is 19.1 Å². The van der Waals surface area contributed by atoms with Gasteiger partial charge < -0.3 is 9.47 Å². The lowest BCUT2D eigenvalue weighted by Gasteiger charge is -2.21. The molecule has 0 saturated carbocycles. The molecule has 0 fully saturated rings. The molecule has 0 spiro atoms. The molecular weight excluding hydrogens is 208 g/mol. The highest BCUT2D eigenvalue weighted by molar-refractivity contribution is 5.82. The van der Waals surface area contributed by atoms with Crippen molar-refractivity contribution in [3.05, 3.63) is 0 Å². The molecule has 4 nitrogen and oxygen atoms in total. The lowest BCUT2D eigenvalue weighted by atomic mass is 9.88. The topological polar surface area (TPSA) is 52.6 Å². The van der Waals surface area contributed by atoms with E-state index < -0.39 is 0 Å². The van der Waals surface area contributed by atoms with Crippen molar-refractivity contribution in [2.75, 3.05) is 13.2 Å². The Hall–Kier alpha value is -1.06. The van der Waals surface area contributed by atoms with Gasteiger partial charge in [0.25, 0.3) is 0 Å². The largest absolute Gasteiger partial charge is 0.466 e. The molecule has 0 bridgehead atoms. The Morgan fingerprint density at radius 1 is 0.812 bits per heavy atom. The van der Waals surface area contributed by atoms with Crippen LogP contribution < -0.4 is 0 Å². The minimum absolute atomic E-state index is 0.301. The van der Waals surface area contributed by atoms with E-state index in [2.05, 4.69) is 0 Å². The van der Waals surface area contributed by atoms with Gasteiger partial charge in [0.2, 0.25) is 0 Å². The van der Waals surface area contributed by atoms with Gasteiger partial charge in [0.1, 0.15) is 0 Å². The normalized spacial score (nSPS) is 14.0. The van der Waals surface area contributed by atoms with Crippen LogP contribution in [0, 0.1) is 11.8 Å². The fourth-order valence-electron chi connectivity index (χ4n) is 1.73. The van der Waals surface area contributed by atoms with Gasteiger partial charge in [-0.05, 0) is 26.7 Å². The molecule has 16 heavy (non-hydrogen) atoms. The zero-order valence-electron chi connectivity index (χ0n) is 10.6. The maximum atomic E-state index is 11.7. The molecule has 0 aromatic carbocycles. The number of carbonyl (C=O) groups excluding carboxylic acids is 2. The molecule has 0 aromatic rings. The number of rotatable bonds is 7. The summed E-state index contributed by atoms with van der Waals surface area (Å²) < 4.78 is 9.92. The SMILES string of the molecule is CCOC(=O)[C@@H](CC)[C@H](CC)C(=O)OCC. The Morgan fingerprint density at radius 3 is 1.31 bits per heavy atom. The smallest absolute Gasteiger partial charge is 0.309 e. The fraction of sp³-hybridized carbons (Fsp3) is 0.833. The van der Waals surface area contributed by atoms with E-state index in [1.54, 1.807) is 13.8 Å². The number of esters is 2. The first-order chi connectivity index (χ1) is 7.62. The van der Waals surface area contributed by atoms with Crippen LogP contribution in [-0.2, 0) is 19.1 Å². The lowest BCUT2D eigenvalue weighted by molar-refractivity contribution is -0.160. The van der Waals surface area contributed by atoms with Crippen LogP contribution in [0.25, 0.3) is 0 Å². The molecule has 0 aromatic heterocycles. The van der Waals surface area contributed by atoms with E-state index in [1.807, 2.05) is 13.8 Å². The first kappa shape index (κ1) is 14.9. The molecule has 4 heteroatoms. The number of hydrogen-bond acceptors (Lipinski definition) is 4. The minimum Gasteiger partial charge on any atom is -0.466 e. The van der Waals surface area contributed by atoms with E-state index in [1.165, 1.54) is 0 Å². The Balaban J connectivity index is 4.61. The van der Waals surface area contributed by atoms with Crippen molar-refractivity contribution in [2.24, 2.45) is 11.8 Å². The number of hydrogen-bond donors (Lipinski definition) is 0. The minimum atomic E-state index is -0.385. The average molecular weight is 230 g/mol. The van der Waals surface area contributed by atoms with Crippen molar-refractivity contribution in [1.82, 2.24) is 0 Å². The van der Waals surface area contributed by atoms with E-state index in [0.29, 0.717) is 26.1 Å². The fourth-order valence-corrected chi connectivity index (χ4v) is 1.73. The van der Waals surface area contributed by atoms with Gasteiger partial charge in [-0.25, -0.2) is 0 Å². The van der Waals surface area contributed by atoms with Crippen LogP contribution in [0.3, 0.4) is 0 Å². The first-order valence-electron chi connectivity index (χ1n) is 5.95. The molecular formula is C12H22O4. The number of carbonyl (C=O) groups is 2. The van der Waals surface area contributed by atoms with Crippen molar-refractivity contribution >= 4 is 11.9 Å². The Morgan fingerprint density at radius 2 is 1.12 bits per heavy atom. The molecule has 0 amide bonds. The van der Waals surface area contributed by atoms with Gasteiger partial charge in [0.05, 0.1) is 25.0 Å². The molecule has 0 heterocycles. The highest BCUT2D eigenvalue weighted by atomic mass is 16.5. The van der Waals surface area contributed by atoms with E-state index in [4.69, 9.17) is 9.47 Å². The summed E-state index contributed by atoms with van der Waals surface area (Å²) >= 11 is 0. The van der Waals surface area contributed by atoms with Crippen molar-refractivity contribution in [3.63, 3.8) is 0 Å². The highest BCUT2D eigenvalue weighted by Gasteiger charge is 2.32. The van der Waals surface area contributed by atoms with Gasteiger partial charge in [-0.2, -0.15) is 0 Å². The summed E-state index contributed by atoms with van der Waals surface area (Å²) in [6.07, 6.45) is 1.19. The molecule has 0 aliphatic carbocycles. The average Bonchev–Trinajstić information content (AvgIpc) is 2.25. The lowest BCUT2D eigenvalue weighted by Crippen LogP contribution is -2.32. The second kappa shape index (κ2) is 8.13. The third kappa shape index (κ3) is 4.21. The highest BCUT2D eigenvalue weighted by Crippen LogP contribution is 2.22. The van der Waals surface area contributed by atoms with Crippen LogP contribution in [-0.4, -0.2) is 25.2 Å². The zero-order chi connectivity index (χ0) is 12.6. The van der Waals surface area contributed by atoms with Crippen molar-refractivity contribution in [2.45, 2.75) is 40.5 Å². The Labute approximate surface area is 97.3 Å². The Kier molecular flexibility index (Phi) is 7.60. The molecule has 0 saturated heterocycles. The predicted octanol–water partition coefficient (Wildman–Crippen LogP) is 2.17. The molecule has 0 N–H and O–H groups in total. The van der Waals surface area contributed by atoms with Crippen molar-refractivity contribution in [1.29, 1.82) is 0 Å². The maximum Gasteiger partial charge on any atom is 0.309 e. The summed E-state index contributed by atoms with van der Waals surface area (Å²) in [7, 11) is 0. The van der Waals surface area contributed by atoms with Gasteiger partial charge in [-0.3, -0.25) is 9.59 Å². The van der Waals surface area contributed by atoms with Gasteiger partial charge in [-0.1, -0.05) is 13.8 Å². The third-order valence-corrected chi connectivity index (χ3v) is 2.54. The third-order valence-electron chi connectivity index (χ3n) is 2.54. The first-order valence-corrected chi connectivity index (χ1v) is 5.95. The molecule has 0 aliphatic heterocycles. The monoisotopic (exact) mass is 230 g/mol. The zero-order valence-corrected chi connectivity index (χ0v) is 10.6. The van der Waals surface area contributed by atoms with Crippen LogP contribution in [0.2, 0.25) is 0 Å². The van der Waals surface area contributed by atoms with Gasteiger partial charge in [-0.15, -0.1) is 0 Å². The predicted molar refractivity (Wildman–Crippen MR) is 60.8 cm³/mol. The maximum absolute atomic E-state index is 11.7. The summed E-state index contributed by atoms with van der Waals surface area (Å²) in [5.74, 6) is -1.37. The molecule has 0 radical (unpaired) electrons. The van der Waals surface area contributed by atoms with E-state index in [0.717, 1.165) is 0 Å². The van der Waals surface area contributed by atoms with Crippen LogP contribution >= 0.6 is 0 Å². The van der Waals surface area contributed by atoms with Crippen molar-refractivity contribution in [3.8, 4) is 0 Å². The second-order valence-corrected chi connectivity index (χ2v) is 3.53. The summed E-state index contributed by atoms with van der Waals surface area (Å²) in [6, 6.07) is 0. The van der Waals surface area contributed by atoms with Crippen LogP contribution in [0.1, 0.15) is 40.5 Å². The number of ether oxygens (including phenoxy) is 2. The van der Waals surface area contributed by atoms with E-state index >= 15 is 0 Å². The van der Waals surface area contributed by atoms with Crippen LogP contribution in [0.4, 0.5) is 0 Å². The van der Waals surface area contributed by atoms with Gasteiger partial charge in [0.15, 0.2) is 0 Å².